The molecule has 0 aliphatic carbocycles. The minimum atomic E-state index is -4.68. The zero-order valence-corrected chi connectivity index (χ0v) is 24.8. The van der Waals surface area contributed by atoms with Crippen molar-refractivity contribution >= 4 is 46.0 Å². The lowest BCUT2D eigenvalue weighted by molar-refractivity contribution is -0.137. The average molecular weight is 624 g/mol. The number of carbonyl (C=O) groups is 3. The Morgan fingerprint density at radius 3 is 2.20 bits per heavy atom. The van der Waals surface area contributed by atoms with Crippen LogP contribution in [0, 0.1) is 0 Å². The van der Waals surface area contributed by atoms with E-state index in [9.17, 15) is 27.6 Å². The van der Waals surface area contributed by atoms with Crippen molar-refractivity contribution < 1.29 is 32.3 Å². The third-order valence-corrected chi connectivity index (χ3v) is 7.01. The van der Waals surface area contributed by atoms with E-state index in [1.807, 2.05) is 0 Å². The fraction of sp³-hybridized carbons (Fsp3) is 0.290. The summed E-state index contributed by atoms with van der Waals surface area (Å²) < 4.78 is 49.5. The molecule has 4 amide bonds. The number of fused-ring (bicyclic) bond motifs is 1. The minimum absolute atomic E-state index is 0.0383. The number of primary amides is 1. The number of alkyl halides is 3. The van der Waals surface area contributed by atoms with Gasteiger partial charge in [-0.3, -0.25) is 4.79 Å². The molecular weight excluding hydrogens is 591 g/mol. The lowest BCUT2D eigenvalue weighted by Gasteiger charge is -2.37. The summed E-state index contributed by atoms with van der Waals surface area (Å²) in [7, 11) is 0. The van der Waals surface area contributed by atoms with Gasteiger partial charge in [0.15, 0.2) is 0 Å². The van der Waals surface area contributed by atoms with Crippen molar-refractivity contribution in [1.82, 2.24) is 14.5 Å². The van der Waals surface area contributed by atoms with E-state index in [0.717, 1.165) is 17.0 Å². The lowest BCUT2D eigenvalue weighted by Crippen LogP contribution is -2.50. The second-order valence-corrected chi connectivity index (χ2v) is 11.5. The summed E-state index contributed by atoms with van der Waals surface area (Å²) in [6, 6.07) is 14.6. The van der Waals surface area contributed by atoms with Gasteiger partial charge in [-0.2, -0.15) is 13.2 Å². The summed E-state index contributed by atoms with van der Waals surface area (Å²) in [6.45, 7) is 6.03. The molecule has 1 saturated heterocycles. The van der Waals surface area contributed by atoms with Gasteiger partial charge in [-0.05, 0) is 75.4 Å². The second kappa shape index (κ2) is 12.0. The molecule has 4 aromatic rings. The number of hydrogen-bond acceptors (Lipinski definition) is 6. The number of ether oxygens (including phenoxy) is 1. The van der Waals surface area contributed by atoms with Gasteiger partial charge in [0.1, 0.15) is 17.1 Å². The zero-order valence-electron chi connectivity index (χ0n) is 24.8. The summed E-state index contributed by atoms with van der Waals surface area (Å²) in [6.07, 6.45) is -3.44. The fourth-order valence-corrected chi connectivity index (χ4v) is 4.98. The first kappa shape index (κ1) is 31.2. The molecule has 0 spiro atoms. The SMILES string of the molecule is CC(C)(C)OC(=O)N1CCN(c2ccc(NC(=O)Nc3ccc4c(ccn4-c4cccc(C(N)=O)n4)c3)cc2C(F)(F)F)CC1. The van der Waals surface area contributed by atoms with Gasteiger partial charge in [0, 0.05) is 54.8 Å². The number of aromatic nitrogens is 2. The van der Waals surface area contributed by atoms with E-state index in [-0.39, 0.29) is 43.2 Å². The maximum absolute atomic E-state index is 14.1. The molecule has 14 heteroatoms. The molecule has 2 aromatic heterocycles. The maximum atomic E-state index is 14.1. The number of halogens is 3. The molecule has 4 N–H and O–H groups in total. The summed E-state index contributed by atoms with van der Waals surface area (Å²) in [5, 5.41) is 5.87. The number of piperazine rings is 1. The Morgan fingerprint density at radius 1 is 0.889 bits per heavy atom. The predicted molar refractivity (Wildman–Crippen MR) is 164 cm³/mol. The Hall–Kier alpha value is -5.27. The van der Waals surface area contributed by atoms with Gasteiger partial charge in [0.05, 0.1) is 11.1 Å². The lowest BCUT2D eigenvalue weighted by atomic mass is 10.1. The van der Waals surface area contributed by atoms with E-state index in [1.165, 1.54) is 23.1 Å². The van der Waals surface area contributed by atoms with Gasteiger partial charge >= 0.3 is 18.3 Å². The smallest absolute Gasteiger partial charge is 0.418 e. The van der Waals surface area contributed by atoms with Crippen molar-refractivity contribution in [1.29, 1.82) is 0 Å². The summed E-state index contributed by atoms with van der Waals surface area (Å²) in [5.74, 6) is -0.172. The van der Waals surface area contributed by atoms with Gasteiger partial charge in [-0.1, -0.05) is 6.07 Å². The van der Waals surface area contributed by atoms with Crippen LogP contribution in [0.4, 0.5) is 39.8 Å². The van der Waals surface area contributed by atoms with Crippen molar-refractivity contribution in [3.63, 3.8) is 0 Å². The molecule has 0 radical (unpaired) electrons. The molecule has 2 aromatic carbocycles. The number of nitrogens with one attached hydrogen (secondary N) is 2. The molecule has 11 nitrogen and oxygen atoms in total. The molecular formula is C31H32F3N7O4. The summed E-state index contributed by atoms with van der Waals surface area (Å²) in [4.78, 5) is 44.0. The van der Waals surface area contributed by atoms with Crippen LogP contribution in [-0.4, -0.2) is 64.3 Å². The summed E-state index contributed by atoms with van der Waals surface area (Å²) in [5.41, 5.74) is 4.96. The fourth-order valence-electron chi connectivity index (χ4n) is 4.98. The second-order valence-electron chi connectivity index (χ2n) is 11.5. The number of nitrogens with zero attached hydrogens (tertiary/aromatic N) is 4. The van der Waals surface area contributed by atoms with Crippen LogP contribution in [0.15, 0.2) is 66.9 Å². The third kappa shape index (κ3) is 7.28. The zero-order chi connectivity index (χ0) is 32.5. The number of carbonyl (C=O) groups excluding carboxylic acids is 3. The topological polar surface area (TPSA) is 135 Å². The van der Waals surface area contributed by atoms with Gasteiger partial charge in [0.2, 0.25) is 0 Å². The number of pyridine rings is 1. The summed E-state index contributed by atoms with van der Waals surface area (Å²) >= 11 is 0. The number of amides is 4. The van der Waals surface area contributed by atoms with E-state index in [2.05, 4.69) is 15.6 Å². The van der Waals surface area contributed by atoms with Crippen LogP contribution in [-0.2, 0) is 10.9 Å². The standard InChI is InChI=1S/C31H32F3N7O4/c1-30(2,3)45-29(44)40-15-13-39(14-16-40)25-10-8-21(18-22(25)31(32,33)34)37-28(43)36-20-7-9-24-19(17-20)11-12-41(24)26-6-4-5-23(38-26)27(35)42/h4-12,17-18H,13-16H2,1-3H3,(H2,35,42)(H2,36,37,43). The van der Waals surface area contributed by atoms with Crippen LogP contribution in [0.3, 0.4) is 0 Å². The average Bonchev–Trinajstić information content (AvgIpc) is 3.39. The van der Waals surface area contributed by atoms with Crippen LogP contribution in [0.1, 0.15) is 36.8 Å². The molecule has 1 fully saturated rings. The maximum Gasteiger partial charge on any atom is 0.418 e. The number of urea groups is 1. The molecule has 1 aliphatic rings. The van der Waals surface area contributed by atoms with Crippen molar-refractivity contribution in [2.45, 2.75) is 32.5 Å². The van der Waals surface area contributed by atoms with E-state index >= 15 is 0 Å². The molecule has 0 unspecified atom stereocenters. The number of rotatable bonds is 5. The largest absolute Gasteiger partial charge is 0.444 e. The first-order valence-corrected chi connectivity index (χ1v) is 14.1. The number of benzene rings is 2. The highest BCUT2D eigenvalue weighted by atomic mass is 19.4. The normalized spacial score (nSPS) is 13.9. The Balaban J connectivity index is 1.27. The highest BCUT2D eigenvalue weighted by molar-refractivity contribution is 6.01. The quantitative estimate of drug-likeness (QED) is 0.256. The van der Waals surface area contributed by atoms with Crippen LogP contribution in [0.25, 0.3) is 16.7 Å². The molecule has 5 rings (SSSR count). The molecule has 236 valence electrons. The van der Waals surface area contributed by atoms with Gasteiger partial charge in [0.25, 0.3) is 5.91 Å². The van der Waals surface area contributed by atoms with E-state index < -0.39 is 35.4 Å². The predicted octanol–water partition coefficient (Wildman–Crippen LogP) is 5.84. The Kier molecular flexibility index (Phi) is 8.32. The Morgan fingerprint density at radius 2 is 1.56 bits per heavy atom. The van der Waals surface area contributed by atoms with Crippen LogP contribution < -0.4 is 21.3 Å². The third-order valence-electron chi connectivity index (χ3n) is 7.01. The molecule has 1 aliphatic heterocycles. The van der Waals surface area contributed by atoms with Crippen molar-refractivity contribution in [3.05, 3.63) is 78.1 Å². The van der Waals surface area contributed by atoms with Crippen LogP contribution in [0.2, 0.25) is 0 Å². The number of anilines is 3. The highest BCUT2D eigenvalue weighted by Gasteiger charge is 2.36. The Labute approximate surface area is 256 Å². The Bertz CT molecular complexity index is 1760. The first-order chi connectivity index (χ1) is 21.2. The molecule has 0 atom stereocenters. The molecule has 0 saturated carbocycles. The van der Waals surface area contributed by atoms with Gasteiger partial charge < -0.3 is 35.5 Å². The van der Waals surface area contributed by atoms with E-state index in [4.69, 9.17) is 10.5 Å². The van der Waals surface area contributed by atoms with Crippen molar-refractivity contribution in [2.24, 2.45) is 5.73 Å². The van der Waals surface area contributed by atoms with Gasteiger partial charge in [-0.15, -0.1) is 0 Å². The van der Waals surface area contributed by atoms with Crippen LogP contribution in [0.5, 0.6) is 0 Å². The molecule has 0 bridgehead atoms. The molecule has 45 heavy (non-hydrogen) atoms. The monoisotopic (exact) mass is 623 g/mol. The highest BCUT2D eigenvalue weighted by Crippen LogP contribution is 2.39. The minimum Gasteiger partial charge on any atom is -0.444 e. The van der Waals surface area contributed by atoms with Crippen molar-refractivity contribution in [2.75, 3.05) is 41.7 Å². The van der Waals surface area contributed by atoms with Crippen molar-refractivity contribution in [3.8, 4) is 5.82 Å². The van der Waals surface area contributed by atoms with E-state index in [1.54, 1.807) is 72.8 Å². The van der Waals surface area contributed by atoms with E-state index in [0.29, 0.717) is 11.5 Å². The van der Waals surface area contributed by atoms with Crippen LogP contribution >= 0.6 is 0 Å². The molecule has 3 heterocycles. The first-order valence-electron chi connectivity index (χ1n) is 14.1. The van der Waals surface area contributed by atoms with Gasteiger partial charge in [-0.25, -0.2) is 14.6 Å². The number of hydrogen-bond donors (Lipinski definition) is 3. The number of nitrogens with two attached hydrogens (primary N) is 1.